The van der Waals surface area contributed by atoms with Crippen molar-refractivity contribution in [3.05, 3.63) is 0 Å². The van der Waals surface area contributed by atoms with Crippen LogP contribution in [0, 0.1) is 0 Å². The Kier molecular flexibility index (Phi) is 8.29. The largest absolute Gasteiger partial charge is 0.457 e. The van der Waals surface area contributed by atoms with Gasteiger partial charge in [-0.2, -0.15) is 0 Å². The smallest absolute Gasteiger partial charge is 0.382 e. The summed E-state index contributed by atoms with van der Waals surface area (Å²) in [5, 5.41) is -0.400. The molecule has 0 aromatic rings. The van der Waals surface area contributed by atoms with Gasteiger partial charge in [0.05, 0.1) is 17.6 Å². The lowest BCUT2D eigenvalue weighted by Crippen LogP contribution is -1.97. The topological polar surface area (TPSA) is 26.3 Å². The van der Waals surface area contributed by atoms with Crippen LogP contribution >= 0.6 is 21.7 Å². The average Bonchev–Trinajstić information content (AvgIpc) is 2.04. The summed E-state index contributed by atoms with van der Waals surface area (Å²) in [5.41, 5.74) is 0. The zero-order valence-corrected chi connectivity index (χ0v) is 8.21. The highest BCUT2D eigenvalue weighted by Gasteiger charge is 1.98. The van der Waals surface area contributed by atoms with E-state index < -0.39 is 5.30 Å². The van der Waals surface area contributed by atoms with Crippen molar-refractivity contribution in [3.8, 4) is 0 Å². The van der Waals surface area contributed by atoms with Crippen LogP contribution in [0.1, 0.15) is 32.6 Å². The number of halogens is 1. The van der Waals surface area contributed by atoms with Gasteiger partial charge in [0.2, 0.25) is 0 Å². The van der Waals surface area contributed by atoms with E-state index >= 15 is 0 Å². The molecule has 0 aliphatic carbocycles. The van der Waals surface area contributed by atoms with Gasteiger partial charge in [0.1, 0.15) is 0 Å². The minimum Gasteiger partial charge on any atom is -0.457 e. The Hall–Kier alpha value is 0.110. The SMILES string of the molecule is CCCCCCOC(=O)SCl. The lowest BCUT2D eigenvalue weighted by atomic mass is 10.2. The zero-order chi connectivity index (χ0) is 8.53. The van der Waals surface area contributed by atoms with E-state index in [1.54, 1.807) is 0 Å². The maximum atomic E-state index is 10.5. The van der Waals surface area contributed by atoms with Crippen LogP contribution in [0.25, 0.3) is 0 Å². The highest BCUT2D eigenvalue weighted by Crippen LogP contribution is 2.10. The second kappa shape index (κ2) is 8.21. The summed E-state index contributed by atoms with van der Waals surface area (Å²) in [6.45, 7) is 2.64. The van der Waals surface area contributed by atoms with E-state index in [9.17, 15) is 4.79 Å². The highest BCUT2D eigenvalue weighted by molar-refractivity contribution is 8.32. The molecule has 11 heavy (non-hydrogen) atoms. The third-order valence-electron chi connectivity index (χ3n) is 1.28. The van der Waals surface area contributed by atoms with Gasteiger partial charge in [0, 0.05) is 0 Å². The number of rotatable bonds is 5. The molecule has 0 spiro atoms. The van der Waals surface area contributed by atoms with Crippen molar-refractivity contribution in [2.24, 2.45) is 0 Å². The molecule has 0 aromatic carbocycles. The Bertz CT molecular complexity index is 109. The third-order valence-corrected chi connectivity index (χ3v) is 1.90. The van der Waals surface area contributed by atoms with Gasteiger partial charge >= 0.3 is 5.30 Å². The van der Waals surface area contributed by atoms with Crippen molar-refractivity contribution < 1.29 is 9.53 Å². The molecular formula is C7H13ClO2S. The lowest BCUT2D eigenvalue weighted by Gasteiger charge is -1.99. The molecule has 0 unspecified atom stereocenters. The lowest BCUT2D eigenvalue weighted by molar-refractivity contribution is 0.173. The molecule has 0 aliphatic heterocycles. The molecule has 4 heteroatoms. The van der Waals surface area contributed by atoms with Gasteiger partial charge in [-0.3, -0.25) is 0 Å². The first-order valence-electron chi connectivity index (χ1n) is 3.76. The van der Waals surface area contributed by atoms with Crippen molar-refractivity contribution >= 4 is 27.0 Å². The Labute approximate surface area is 76.1 Å². The minimum atomic E-state index is -0.400. The normalized spacial score (nSPS) is 9.64. The maximum Gasteiger partial charge on any atom is 0.382 e. The fourth-order valence-corrected chi connectivity index (χ4v) is 0.968. The van der Waals surface area contributed by atoms with Crippen molar-refractivity contribution in [2.45, 2.75) is 32.6 Å². The van der Waals surface area contributed by atoms with Gasteiger partial charge in [-0.1, -0.05) is 26.2 Å². The molecule has 0 atom stereocenters. The molecule has 0 amide bonds. The summed E-state index contributed by atoms with van der Waals surface area (Å²) in [5.74, 6) is 0. The number of ether oxygens (including phenoxy) is 1. The monoisotopic (exact) mass is 196 g/mol. The number of hydrogen-bond donors (Lipinski definition) is 0. The Morgan fingerprint density at radius 1 is 1.45 bits per heavy atom. The van der Waals surface area contributed by atoms with E-state index in [2.05, 4.69) is 6.92 Å². The van der Waals surface area contributed by atoms with Crippen LogP contribution < -0.4 is 0 Å². The number of unbranched alkanes of at least 4 members (excludes halogenated alkanes) is 3. The zero-order valence-electron chi connectivity index (χ0n) is 6.64. The molecule has 0 heterocycles. The van der Waals surface area contributed by atoms with Crippen molar-refractivity contribution in [1.29, 1.82) is 0 Å². The van der Waals surface area contributed by atoms with Crippen LogP contribution in [0.3, 0.4) is 0 Å². The predicted octanol–water partition coefficient (Wildman–Crippen LogP) is 3.59. The first kappa shape index (κ1) is 11.1. The highest BCUT2D eigenvalue weighted by atomic mass is 35.7. The third kappa shape index (κ3) is 8.01. The van der Waals surface area contributed by atoms with Gasteiger partial charge in [0.15, 0.2) is 0 Å². The quantitative estimate of drug-likeness (QED) is 0.497. The van der Waals surface area contributed by atoms with Crippen LogP contribution in [0.15, 0.2) is 0 Å². The van der Waals surface area contributed by atoms with E-state index in [4.69, 9.17) is 15.4 Å². The van der Waals surface area contributed by atoms with Crippen molar-refractivity contribution in [1.82, 2.24) is 0 Å². The number of carbonyl (C=O) groups excluding carboxylic acids is 1. The Balaban J connectivity index is 2.95. The standard InChI is InChI=1S/C7H13ClO2S/c1-2-3-4-5-6-10-7(9)11-8/h2-6H2,1H3. The summed E-state index contributed by atoms with van der Waals surface area (Å²) < 4.78 is 4.73. The molecule has 66 valence electrons. The molecule has 0 rings (SSSR count). The first-order valence-corrected chi connectivity index (χ1v) is 5.41. The van der Waals surface area contributed by atoms with Crippen molar-refractivity contribution in [2.75, 3.05) is 6.61 Å². The summed E-state index contributed by atoms with van der Waals surface area (Å²) in [7, 11) is 5.73. The summed E-state index contributed by atoms with van der Waals surface area (Å²) in [4.78, 5) is 10.5. The second-order valence-electron chi connectivity index (χ2n) is 2.24. The van der Waals surface area contributed by atoms with Gasteiger partial charge in [-0.15, -0.1) is 0 Å². The van der Waals surface area contributed by atoms with E-state index in [-0.39, 0.29) is 0 Å². The van der Waals surface area contributed by atoms with E-state index in [0.29, 0.717) is 17.6 Å². The molecule has 0 saturated heterocycles. The van der Waals surface area contributed by atoms with Crippen molar-refractivity contribution in [3.63, 3.8) is 0 Å². The van der Waals surface area contributed by atoms with Crippen LogP contribution in [-0.4, -0.2) is 11.9 Å². The van der Waals surface area contributed by atoms with Crippen LogP contribution in [-0.2, 0) is 4.74 Å². The molecule has 0 bridgehead atoms. The predicted molar refractivity (Wildman–Crippen MR) is 48.9 cm³/mol. The van der Waals surface area contributed by atoms with E-state index in [1.165, 1.54) is 12.8 Å². The molecule has 0 aliphatic rings. The van der Waals surface area contributed by atoms with Gasteiger partial charge in [0.25, 0.3) is 0 Å². The molecular weight excluding hydrogens is 184 g/mol. The van der Waals surface area contributed by atoms with E-state index in [1.807, 2.05) is 0 Å². The number of carbonyl (C=O) groups is 1. The maximum absolute atomic E-state index is 10.5. The fraction of sp³-hybridized carbons (Fsp3) is 0.857. The molecule has 0 saturated carbocycles. The van der Waals surface area contributed by atoms with Gasteiger partial charge in [-0.05, 0) is 17.1 Å². The molecule has 0 radical (unpaired) electrons. The average molecular weight is 197 g/mol. The summed E-state index contributed by atoms with van der Waals surface area (Å²) in [6, 6.07) is 0. The molecule has 0 fully saturated rings. The minimum absolute atomic E-state index is 0.400. The Morgan fingerprint density at radius 3 is 2.73 bits per heavy atom. The molecule has 0 aromatic heterocycles. The number of hydrogen-bond acceptors (Lipinski definition) is 3. The molecule has 2 nitrogen and oxygen atoms in total. The van der Waals surface area contributed by atoms with Crippen LogP contribution in [0.5, 0.6) is 0 Å². The fourth-order valence-electron chi connectivity index (χ4n) is 0.707. The Morgan fingerprint density at radius 2 is 2.18 bits per heavy atom. The molecule has 0 N–H and O–H groups in total. The second-order valence-corrected chi connectivity index (χ2v) is 3.19. The summed E-state index contributed by atoms with van der Waals surface area (Å²) >= 11 is 0. The van der Waals surface area contributed by atoms with E-state index in [0.717, 1.165) is 12.8 Å². The first-order chi connectivity index (χ1) is 5.31. The summed E-state index contributed by atoms with van der Waals surface area (Å²) in [6.07, 6.45) is 4.46. The van der Waals surface area contributed by atoms with Crippen LogP contribution in [0.2, 0.25) is 0 Å². The van der Waals surface area contributed by atoms with Gasteiger partial charge in [-0.25, -0.2) is 4.79 Å². The van der Waals surface area contributed by atoms with Crippen LogP contribution in [0.4, 0.5) is 4.79 Å². The van der Waals surface area contributed by atoms with Gasteiger partial charge < -0.3 is 4.74 Å².